The topological polar surface area (TPSA) is 63.2 Å². The van der Waals surface area contributed by atoms with Gasteiger partial charge in [-0.15, -0.1) is 0 Å². The Kier molecular flexibility index (Phi) is 29.4. The zero-order valence-corrected chi connectivity index (χ0v) is 7.89. The van der Waals surface area contributed by atoms with Crippen LogP contribution in [0.2, 0.25) is 0 Å². The molecule has 3 nitrogen and oxygen atoms in total. The van der Waals surface area contributed by atoms with Crippen LogP contribution >= 0.6 is 24.2 Å². The summed E-state index contributed by atoms with van der Waals surface area (Å²) in [5.74, 6) is 0. The molecule has 9 heavy (non-hydrogen) atoms. The van der Waals surface area contributed by atoms with Gasteiger partial charge in [0, 0.05) is 0 Å². The Morgan fingerprint density at radius 3 is 1.67 bits per heavy atom. The van der Waals surface area contributed by atoms with E-state index in [0.717, 1.165) is 11.8 Å². The number of rotatable bonds is 1. The van der Waals surface area contributed by atoms with E-state index in [2.05, 4.69) is 22.9 Å². The quantitative estimate of drug-likeness (QED) is 0.289. The molecule has 0 aliphatic heterocycles. The Morgan fingerprint density at radius 2 is 1.67 bits per heavy atom. The summed E-state index contributed by atoms with van der Waals surface area (Å²) < 4.78 is 8.48. The number of hydrogen-bond acceptors (Lipinski definition) is 3. The van der Waals surface area contributed by atoms with Crippen LogP contribution < -0.4 is 9.79 Å². The molecule has 59 valence electrons. The molecular formula is C3H6BrCuO3P. The maximum atomic E-state index is 8.48. The molecule has 0 aliphatic rings. The van der Waals surface area contributed by atoms with E-state index in [9.17, 15) is 0 Å². The van der Waals surface area contributed by atoms with Crippen molar-refractivity contribution in [2.24, 2.45) is 0 Å². The van der Waals surface area contributed by atoms with E-state index in [-0.39, 0.29) is 17.1 Å². The molecule has 0 heterocycles. The molecule has 0 fully saturated rings. The van der Waals surface area contributed by atoms with Crippen LogP contribution in [-0.2, 0) is 21.6 Å². The van der Waals surface area contributed by atoms with Gasteiger partial charge in [0.05, 0.1) is 0 Å². The van der Waals surface area contributed by atoms with Crippen LogP contribution in [0.4, 0.5) is 0 Å². The molecule has 0 aromatic rings. The minimum atomic E-state index is -3.37. The van der Waals surface area contributed by atoms with Gasteiger partial charge >= 0.3 is 17.1 Å². The van der Waals surface area contributed by atoms with Gasteiger partial charge in [0.1, 0.15) is 0 Å². The van der Waals surface area contributed by atoms with Crippen LogP contribution in [0.3, 0.4) is 0 Å². The molecule has 0 N–H and O–H groups in total. The standard InChI is InChI=1S/C3H6Br.Cu.HO3P/c1-2-3-4;;1-4(2)3/h1-3H2;;(H,1,2,3)/q-1;+2;/p-1. The minimum Gasteiger partial charge on any atom is -0.598 e. The third-order valence-electron chi connectivity index (χ3n) is 0.134. The van der Waals surface area contributed by atoms with Gasteiger partial charge in [0.15, 0.2) is 0 Å². The average Bonchev–Trinajstić information content (AvgIpc) is 1.65. The van der Waals surface area contributed by atoms with Crippen molar-refractivity contribution in [1.29, 1.82) is 0 Å². The second-order valence-corrected chi connectivity index (χ2v) is 2.01. The predicted octanol–water partition coefficient (Wildman–Crippen LogP) is -0.0326. The van der Waals surface area contributed by atoms with Crippen molar-refractivity contribution in [3.05, 3.63) is 6.92 Å². The Labute approximate surface area is 74.4 Å². The second-order valence-electron chi connectivity index (χ2n) is 0.766. The molecule has 0 rings (SSSR count). The number of hydrogen-bond donors (Lipinski definition) is 0. The SMILES string of the molecule is O=[P+]([O-])[O-].[CH2-]CCBr.[Cu+2]. The molecule has 0 unspecified atom stereocenters. The van der Waals surface area contributed by atoms with Crippen LogP contribution in [0.25, 0.3) is 0 Å². The van der Waals surface area contributed by atoms with E-state index in [1.807, 2.05) is 0 Å². The van der Waals surface area contributed by atoms with Gasteiger partial charge in [-0.25, -0.2) is 0 Å². The Morgan fingerprint density at radius 1 is 1.56 bits per heavy atom. The van der Waals surface area contributed by atoms with E-state index in [4.69, 9.17) is 14.4 Å². The molecule has 0 aliphatic carbocycles. The summed E-state index contributed by atoms with van der Waals surface area (Å²) in [6, 6.07) is 0. The Hall–Kier alpha value is 1.02. The van der Waals surface area contributed by atoms with E-state index in [1.54, 1.807) is 0 Å². The molecule has 0 aromatic carbocycles. The monoisotopic (exact) mass is 263 g/mol. The number of alkyl halides is 1. The molecule has 0 atom stereocenters. The van der Waals surface area contributed by atoms with Crippen molar-refractivity contribution in [2.75, 3.05) is 5.33 Å². The third-order valence-corrected chi connectivity index (χ3v) is 0.694. The van der Waals surface area contributed by atoms with Gasteiger partial charge in [-0.05, 0) is 5.33 Å². The average molecular weight is 265 g/mol. The van der Waals surface area contributed by atoms with Crippen molar-refractivity contribution in [3.8, 4) is 0 Å². The first-order chi connectivity index (χ1) is 3.65. The van der Waals surface area contributed by atoms with Gasteiger partial charge in [0.2, 0.25) is 0 Å². The van der Waals surface area contributed by atoms with Crippen LogP contribution in [-0.4, -0.2) is 5.33 Å². The Balaban J connectivity index is -0.0000000720. The maximum Gasteiger partial charge on any atom is 2.00 e. The molecule has 0 spiro atoms. The summed E-state index contributed by atoms with van der Waals surface area (Å²) in [5, 5.41) is 1.02. The zero-order chi connectivity index (χ0) is 6.99. The van der Waals surface area contributed by atoms with Gasteiger partial charge in [0.25, 0.3) is 8.25 Å². The van der Waals surface area contributed by atoms with E-state index in [1.165, 1.54) is 0 Å². The predicted molar refractivity (Wildman–Crippen MR) is 31.4 cm³/mol. The van der Waals surface area contributed by atoms with Crippen LogP contribution in [0.15, 0.2) is 0 Å². The molecular weight excluding hydrogens is 258 g/mol. The third kappa shape index (κ3) is 109. The number of halogens is 1. The summed E-state index contributed by atoms with van der Waals surface area (Å²) >= 11 is 3.19. The zero-order valence-electron chi connectivity index (χ0n) is 4.47. The summed E-state index contributed by atoms with van der Waals surface area (Å²) in [4.78, 5) is 17.0. The summed E-state index contributed by atoms with van der Waals surface area (Å²) in [7, 11) is -3.37. The smallest absolute Gasteiger partial charge is 0.598 e. The van der Waals surface area contributed by atoms with Gasteiger partial charge in [-0.3, -0.25) is 0 Å². The summed E-state index contributed by atoms with van der Waals surface area (Å²) in [5.41, 5.74) is 0. The molecule has 0 amide bonds. The van der Waals surface area contributed by atoms with Crippen LogP contribution in [0, 0.1) is 6.92 Å². The first-order valence-electron chi connectivity index (χ1n) is 1.81. The van der Waals surface area contributed by atoms with Gasteiger partial charge in [-0.1, -0.05) is 20.5 Å². The fourth-order valence-electron chi connectivity index (χ4n) is 0. The van der Waals surface area contributed by atoms with E-state index >= 15 is 0 Å². The Bertz CT molecular complexity index is 57.0. The van der Waals surface area contributed by atoms with E-state index < -0.39 is 8.25 Å². The van der Waals surface area contributed by atoms with E-state index in [0.29, 0.717) is 0 Å². The summed E-state index contributed by atoms with van der Waals surface area (Å²) in [6.45, 7) is 3.56. The van der Waals surface area contributed by atoms with Crippen LogP contribution in [0.5, 0.6) is 0 Å². The first kappa shape index (κ1) is 16.5. The normalized spacial score (nSPS) is 6.22. The molecule has 0 bridgehead atoms. The largest absolute Gasteiger partial charge is 2.00 e. The van der Waals surface area contributed by atoms with Crippen LogP contribution in [0.1, 0.15) is 6.42 Å². The molecule has 6 heteroatoms. The maximum absolute atomic E-state index is 8.48. The first-order valence-corrected chi connectivity index (χ1v) is 4.03. The molecule has 1 radical (unpaired) electrons. The molecule has 0 saturated carbocycles. The molecule has 0 aromatic heterocycles. The van der Waals surface area contributed by atoms with Crippen molar-refractivity contribution in [3.63, 3.8) is 0 Å². The molecule has 0 saturated heterocycles. The summed E-state index contributed by atoms with van der Waals surface area (Å²) in [6.07, 6.45) is 0.986. The van der Waals surface area contributed by atoms with Gasteiger partial charge < -0.3 is 16.7 Å². The second kappa shape index (κ2) is 16.0. The minimum absolute atomic E-state index is 0. The van der Waals surface area contributed by atoms with Gasteiger partial charge in [-0.2, -0.15) is 6.42 Å². The van der Waals surface area contributed by atoms with Crippen molar-refractivity contribution < 1.29 is 31.4 Å². The van der Waals surface area contributed by atoms with Crippen molar-refractivity contribution in [1.82, 2.24) is 0 Å². The fraction of sp³-hybridized carbons (Fsp3) is 0.667. The fourth-order valence-corrected chi connectivity index (χ4v) is 0. The van der Waals surface area contributed by atoms with Crippen molar-refractivity contribution >= 4 is 24.2 Å². The van der Waals surface area contributed by atoms with Crippen molar-refractivity contribution in [2.45, 2.75) is 6.42 Å².